The average Bonchev–Trinajstić information content (AvgIpc) is 2.87. The van der Waals surface area contributed by atoms with Gasteiger partial charge in [0.15, 0.2) is 9.84 Å². The topological polar surface area (TPSA) is 95.9 Å². The summed E-state index contributed by atoms with van der Waals surface area (Å²) < 4.78 is 22.9. The van der Waals surface area contributed by atoms with E-state index < -0.39 is 15.7 Å². The molecular weight excluding hydrogens is 318 g/mol. The molecule has 1 aromatic rings. The number of hydrogen-bond acceptors (Lipinski definition) is 5. The molecule has 0 spiro atoms. The fourth-order valence-electron chi connectivity index (χ4n) is 2.67. The van der Waals surface area contributed by atoms with E-state index in [4.69, 9.17) is 0 Å². The van der Waals surface area contributed by atoms with Gasteiger partial charge in [-0.1, -0.05) is 18.2 Å². The van der Waals surface area contributed by atoms with Gasteiger partial charge in [0.2, 0.25) is 5.91 Å². The lowest BCUT2D eigenvalue weighted by Crippen LogP contribution is -2.43. The Labute approximate surface area is 134 Å². The van der Waals surface area contributed by atoms with Crippen molar-refractivity contribution >= 4 is 33.1 Å². The predicted molar refractivity (Wildman–Crippen MR) is 85.8 cm³/mol. The predicted octanol–water partition coefficient (Wildman–Crippen LogP) is 0.473. The number of amides is 2. The van der Waals surface area contributed by atoms with Crippen molar-refractivity contribution in [1.29, 1.82) is 0 Å². The molecule has 1 fully saturated rings. The van der Waals surface area contributed by atoms with Gasteiger partial charge in [-0.15, -0.1) is 0 Å². The van der Waals surface area contributed by atoms with Crippen molar-refractivity contribution in [2.75, 3.05) is 16.5 Å². The second-order valence-corrected chi connectivity index (χ2v) is 7.89. The average molecular weight is 335 g/mol. The molecule has 0 aromatic heterocycles. The molecule has 0 saturated carbocycles. The smallest absolute Gasteiger partial charge is 0.267 e. The van der Waals surface area contributed by atoms with E-state index in [-0.39, 0.29) is 42.0 Å². The number of hydrogen-bond donors (Lipinski definition) is 1. The first-order valence-electron chi connectivity index (χ1n) is 7.41. The Morgan fingerprint density at radius 3 is 2.61 bits per heavy atom. The lowest BCUT2D eigenvalue weighted by molar-refractivity contribution is -0.119. The standard InChI is InChI=1S/C15H17N3O4S/c19-14-7-6-13(17-18(14)12-4-2-1-3-5-12)15(20)16-11-8-9-23(21,22)10-11/h1-5,11H,6-10H2,(H,16,20)/t11-/m0/s1. The highest BCUT2D eigenvalue weighted by Crippen LogP contribution is 2.20. The van der Waals surface area contributed by atoms with Crippen LogP contribution in [0.5, 0.6) is 0 Å². The van der Waals surface area contributed by atoms with Gasteiger partial charge in [0.1, 0.15) is 5.71 Å². The minimum absolute atomic E-state index is 0.0344. The van der Waals surface area contributed by atoms with Gasteiger partial charge in [-0.25, -0.2) is 13.4 Å². The molecule has 122 valence electrons. The highest BCUT2D eigenvalue weighted by atomic mass is 32.2. The van der Waals surface area contributed by atoms with Crippen molar-refractivity contribution in [2.45, 2.75) is 25.3 Å². The van der Waals surface area contributed by atoms with Crippen LogP contribution in [0, 0.1) is 0 Å². The molecule has 23 heavy (non-hydrogen) atoms. The molecule has 2 aliphatic rings. The molecule has 3 rings (SSSR count). The molecule has 2 amide bonds. The van der Waals surface area contributed by atoms with Crippen LogP contribution in [0.25, 0.3) is 0 Å². The first-order valence-corrected chi connectivity index (χ1v) is 9.23. The van der Waals surface area contributed by atoms with Crippen molar-refractivity contribution in [3.63, 3.8) is 0 Å². The van der Waals surface area contributed by atoms with Crippen molar-refractivity contribution in [3.05, 3.63) is 30.3 Å². The lowest BCUT2D eigenvalue weighted by Gasteiger charge is -2.23. The van der Waals surface area contributed by atoms with E-state index >= 15 is 0 Å². The first kappa shape index (κ1) is 15.7. The Kier molecular flexibility index (Phi) is 4.16. The van der Waals surface area contributed by atoms with Crippen LogP contribution in [0.1, 0.15) is 19.3 Å². The van der Waals surface area contributed by atoms with E-state index in [0.29, 0.717) is 12.1 Å². The minimum atomic E-state index is -3.05. The zero-order chi connectivity index (χ0) is 16.4. The Bertz CT molecular complexity index is 758. The third-order valence-electron chi connectivity index (χ3n) is 3.86. The van der Waals surface area contributed by atoms with Crippen molar-refractivity contribution in [2.24, 2.45) is 5.10 Å². The molecule has 7 nitrogen and oxygen atoms in total. The van der Waals surface area contributed by atoms with Crippen LogP contribution in [0.3, 0.4) is 0 Å². The minimum Gasteiger partial charge on any atom is -0.347 e. The number of carbonyl (C=O) groups excluding carboxylic acids is 2. The fourth-order valence-corrected chi connectivity index (χ4v) is 4.34. The number of nitrogens with one attached hydrogen (secondary N) is 1. The molecule has 1 atom stereocenters. The van der Waals surface area contributed by atoms with Crippen molar-refractivity contribution in [1.82, 2.24) is 5.32 Å². The summed E-state index contributed by atoms with van der Waals surface area (Å²) >= 11 is 0. The summed E-state index contributed by atoms with van der Waals surface area (Å²) in [5, 5.41) is 8.08. The fraction of sp³-hybridized carbons (Fsp3) is 0.400. The second kappa shape index (κ2) is 6.11. The maximum Gasteiger partial charge on any atom is 0.267 e. The molecule has 1 aromatic carbocycles. The maximum atomic E-state index is 12.3. The monoisotopic (exact) mass is 335 g/mol. The van der Waals surface area contributed by atoms with Gasteiger partial charge >= 0.3 is 0 Å². The van der Waals surface area contributed by atoms with E-state index in [0.717, 1.165) is 0 Å². The van der Waals surface area contributed by atoms with Gasteiger partial charge in [0, 0.05) is 18.9 Å². The number of anilines is 1. The second-order valence-electron chi connectivity index (χ2n) is 5.66. The van der Waals surface area contributed by atoms with Gasteiger partial charge in [0.25, 0.3) is 5.91 Å². The molecule has 0 aliphatic carbocycles. The van der Waals surface area contributed by atoms with E-state index in [1.807, 2.05) is 6.07 Å². The van der Waals surface area contributed by atoms with E-state index in [1.54, 1.807) is 24.3 Å². The van der Waals surface area contributed by atoms with Crippen LogP contribution in [-0.2, 0) is 19.4 Å². The Morgan fingerprint density at radius 1 is 1.22 bits per heavy atom. The molecule has 2 aliphatic heterocycles. The largest absolute Gasteiger partial charge is 0.347 e. The molecule has 0 radical (unpaired) electrons. The molecule has 0 bridgehead atoms. The van der Waals surface area contributed by atoms with Crippen LogP contribution in [0.15, 0.2) is 35.4 Å². The van der Waals surface area contributed by atoms with Crippen LogP contribution in [0.4, 0.5) is 5.69 Å². The number of para-hydroxylation sites is 1. The molecular formula is C15H17N3O4S. The SMILES string of the molecule is O=C(N[C@H]1CCS(=O)(=O)C1)C1=NN(c2ccccc2)C(=O)CC1. The first-order chi connectivity index (χ1) is 10.9. The summed E-state index contributed by atoms with van der Waals surface area (Å²) in [4.78, 5) is 24.3. The van der Waals surface area contributed by atoms with Gasteiger partial charge in [-0.3, -0.25) is 9.59 Å². The number of carbonyl (C=O) groups is 2. The number of sulfone groups is 1. The summed E-state index contributed by atoms with van der Waals surface area (Å²) in [5.41, 5.74) is 0.851. The highest BCUT2D eigenvalue weighted by molar-refractivity contribution is 7.91. The van der Waals surface area contributed by atoms with E-state index in [1.165, 1.54) is 5.01 Å². The van der Waals surface area contributed by atoms with Gasteiger partial charge in [-0.2, -0.15) is 5.10 Å². The van der Waals surface area contributed by atoms with E-state index in [2.05, 4.69) is 10.4 Å². The number of benzene rings is 1. The molecule has 0 unspecified atom stereocenters. The quantitative estimate of drug-likeness (QED) is 0.868. The van der Waals surface area contributed by atoms with E-state index in [9.17, 15) is 18.0 Å². The summed E-state index contributed by atoms with van der Waals surface area (Å²) in [6.07, 6.45) is 0.875. The summed E-state index contributed by atoms with van der Waals surface area (Å²) in [7, 11) is -3.05. The Hall–Kier alpha value is -2.22. The number of rotatable bonds is 3. The third-order valence-corrected chi connectivity index (χ3v) is 5.63. The van der Waals surface area contributed by atoms with Gasteiger partial charge < -0.3 is 5.32 Å². The van der Waals surface area contributed by atoms with Gasteiger partial charge in [-0.05, 0) is 18.6 Å². The van der Waals surface area contributed by atoms with Crippen LogP contribution in [-0.4, -0.2) is 43.5 Å². The van der Waals surface area contributed by atoms with Crippen LogP contribution in [0.2, 0.25) is 0 Å². The molecule has 2 heterocycles. The van der Waals surface area contributed by atoms with Crippen molar-refractivity contribution in [3.8, 4) is 0 Å². The normalized spacial score (nSPS) is 23.5. The summed E-state index contributed by atoms with van der Waals surface area (Å²) in [5.74, 6) is -0.511. The zero-order valence-corrected chi connectivity index (χ0v) is 13.3. The zero-order valence-electron chi connectivity index (χ0n) is 12.4. The highest BCUT2D eigenvalue weighted by Gasteiger charge is 2.31. The summed E-state index contributed by atoms with van der Waals surface area (Å²) in [6.45, 7) is 0. The summed E-state index contributed by atoms with van der Waals surface area (Å²) in [6, 6.07) is 8.51. The maximum absolute atomic E-state index is 12.3. The lowest BCUT2D eigenvalue weighted by atomic mass is 10.1. The molecule has 1 N–H and O–H groups in total. The Morgan fingerprint density at radius 2 is 1.96 bits per heavy atom. The van der Waals surface area contributed by atoms with Crippen LogP contribution < -0.4 is 10.3 Å². The van der Waals surface area contributed by atoms with Gasteiger partial charge in [0.05, 0.1) is 17.2 Å². The van der Waals surface area contributed by atoms with Crippen LogP contribution >= 0.6 is 0 Å². The number of nitrogens with zero attached hydrogens (tertiary/aromatic N) is 2. The Balaban J connectivity index is 1.74. The molecule has 1 saturated heterocycles. The third kappa shape index (κ3) is 3.58. The van der Waals surface area contributed by atoms with Crippen molar-refractivity contribution < 1.29 is 18.0 Å². The molecule has 8 heteroatoms. The number of hydrazone groups is 1.